The van der Waals surface area contributed by atoms with Crippen molar-refractivity contribution in [2.45, 2.75) is 11.3 Å². The number of rotatable bonds is 5. The van der Waals surface area contributed by atoms with Crippen molar-refractivity contribution in [1.29, 1.82) is 0 Å². The summed E-state index contributed by atoms with van der Waals surface area (Å²) in [6.07, 6.45) is 0. The number of nitrogens with two attached hydrogens (primary N) is 1. The lowest BCUT2D eigenvalue weighted by atomic mass is 10.0. The maximum absolute atomic E-state index is 11.6. The molecular weight excluding hydrogens is 416 g/mol. The molecule has 2 aliphatic heterocycles. The minimum absolute atomic E-state index is 0.0666. The van der Waals surface area contributed by atoms with Crippen molar-refractivity contribution in [3.05, 3.63) is 62.2 Å². The Kier molecular flexibility index (Phi) is 4.66. The summed E-state index contributed by atoms with van der Waals surface area (Å²) in [5, 5.41) is 38.4. The van der Waals surface area contributed by atoms with Gasteiger partial charge in [-0.05, 0) is 23.8 Å². The third-order valence-electron chi connectivity index (χ3n) is 4.65. The van der Waals surface area contributed by atoms with Crippen molar-refractivity contribution in [3.8, 4) is 11.5 Å². The average Bonchev–Trinajstić information content (AvgIpc) is 3.23. The van der Waals surface area contributed by atoms with Crippen molar-refractivity contribution in [2.75, 3.05) is 12.1 Å². The number of aliphatic imine (C=N–C) groups is 1. The van der Waals surface area contributed by atoms with Crippen molar-refractivity contribution in [1.82, 2.24) is 0 Å². The summed E-state index contributed by atoms with van der Waals surface area (Å²) in [6, 6.07) is 7.45. The number of hydrogen-bond acceptors (Lipinski definition) is 11. The van der Waals surface area contributed by atoms with Crippen LogP contribution in [0.2, 0.25) is 0 Å². The van der Waals surface area contributed by atoms with Crippen LogP contribution in [0.15, 0.2) is 46.5 Å². The molecule has 13 heteroatoms. The van der Waals surface area contributed by atoms with E-state index in [9.17, 15) is 25.3 Å². The first-order valence-electron chi connectivity index (χ1n) is 8.48. The minimum Gasteiger partial charge on any atom is -0.504 e. The molecule has 2 atom stereocenters. The van der Waals surface area contributed by atoms with E-state index in [-0.39, 0.29) is 22.4 Å². The number of nitro groups is 2. The van der Waals surface area contributed by atoms with Gasteiger partial charge in [-0.2, -0.15) is 5.10 Å². The quantitative estimate of drug-likeness (QED) is 0.534. The van der Waals surface area contributed by atoms with Crippen molar-refractivity contribution < 1.29 is 19.7 Å². The Labute approximate surface area is 172 Å². The maximum Gasteiger partial charge on any atom is 0.301 e. The molecule has 0 aromatic heterocycles. The SMILES string of the molecule is COc1cc([C@@H]2[C@@H]3SC(N)=NC3=NN2c2ccc([N+](=O)[O-])cc2[N+](=O)[O-])ccc1O. The number of hydrogen-bond donors (Lipinski definition) is 2. The van der Waals surface area contributed by atoms with E-state index in [2.05, 4.69) is 10.1 Å². The Morgan fingerprint density at radius 1 is 1.20 bits per heavy atom. The summed E-state index contributed by atoms with van der Waals surface area (Å²) in [7, 11) is 1.40. The zero-order valence-electron chi connectivity index (χ0n) is 15.3. The molecule has 0 fully saturated rings. The molecule has 30 heavy (non-hydrogen) atoms. The summed E-state index contributed by atoms with van der Waals surface area (Å²) in [6.45, 7) is 0. The van der Waals surface area contributed by atoms with Crippen molar-refractivity contribution >= 4 is 39.8 Å². The number of anilines is 1. The van der Waals surface area contributed by atoms with Crippen LogP contribution in [0.25, 0.3) is 0 Å². The van der Waals surface area contributed by atoms with Gasteiger partial charge in [-0.3, -0.25) is 20.2 Å². The van der Waals surface area contributed by atoms with Gasteiger partial charge in [-0.15, -0.1) is 0 Å². The molecule has 2 heterocycles. The first-order valence-corrected chi connectivity index (χ1v) is 9.36. The van der Waals surface area contributed by atoms with Crippen LogP contribution in [0.5, 0.6) is 11.5 Å². The van der Waals surface area contributed by atoms with Gasteiger partial charge in [0.1, 0.15) is 10.9 Å². The molecule has 12 nitrogen and oxygen atoms in total. The van der Waals surface area contributed by atoms with Gasteiger partial charge in [0, 0.05) is 6.07 Å². The molecule has 0 aliphatic carbocycles. The molecule has 3 N–H and O–H groups in total. The molecule has 154 valence electrons. The molecule has 0 bridgehead atoms. The topological polar surface area (TPSA) is 170 Å². The van der Waals surface area contributed by atoms with Gasteiger partial charge in [0.05, 0.1) is 29.1 Å². The predicted molar refractivity (Wildman–Crippen MR) is 110 cm³/mol. The Morgan fingerprint density at radius 3 is 2.63 bits per heavy atom. The van der Waals surface area contributed by atoms with Gasteiger partial charge in [0.2, 0.25) is 0 Å². The van der Waals surface area contributed by atoms with Gasteiger partial charge >= 0.3 is 5.69 Å². The second-order valence-corrected chi connectivity index (χ2v) is 7.52. The average molecular weight is 430 g/mol. The summed E-state index contributed by atoms with van der Waals surface area (Å²) < 4.78 is 5.17. The number of thioether (sulfide) groups is 1. The first kappa shape index (κ1) is 19.4. The van der Waals surface area contributed by atoms with Crippen LogP contribution in [0, 0.1) is 20.2 Å². The van der Waals surface area contributed by atoms with Crippen LogP contribution in [0.1, 0.15) is 11.6 Å². The number of nitro benzene ring substituents is 2. The summed E-state index contributed by atoms with van der Waals surface area (Å²) in [4.78, 5) is 25.5. The molecule has 0 radical (unpaired) electrons. The fourth-order valence-corrected chi connectivity index (χ4v) is 4.35. The van der Waals surface area contributed by atoms with Crippen molar-refractivity contribution in [3.63, 3.8) is 0 Å². The summed E-state index contributed by atoms with van der Waals surface area (Å²) in [5.74, 6) is 0.529. The highest BCUT2D eigenvalue weighted by Gasteiger charge is 2.45. The van der Waals surface area contributed by atoms with Crippen LogP contribution < -0.4 is 15.5 Å². The number of hydrazone groups is 1. The summed E-state index contributed by atoms with van der Waals surface area (Å²) in [5.41, 5.74) is 5.66. The van der Waals surface area contributed by atoms with E-state index in [0.717, 1.165) is 6.07 Å². The molecule has 0 amide bonds. The molecule has 0 saturated heterocycles. The Bertz CT molecular complexity index is 1140. The number of fused-ring (bicyclic) bond motifs is 1. The van der Waals surface area contributed by atoms with Crippen LogP contribution in [-0.4, -0.2) is 38.3 Å². The van der Waals surface area contributed by atoms with E-state index < -0.39 is 27.3 Å². The lowest BCUT2D eigenvalue weighted by Gasteiger charge is -2.27. The van der Waals surface area contributed by atoms with Crippen LogP contribution >= 0.6 is 11.8 Å². The molecule has 0 saturated carbocycles. The Morgan fingerprint density at radius 2 is 1.97 bits per heavy atom. The number of phenols is 1. The van der Waals surface area contributed by atoms with Crippen LogP contribution in [-0.2, 0) is 0 Å². The monoisotopic (exact) mass is 430 g/mol. The molecule has 2 aromatic carbocycles. The number of methoxy groups -OCH3 is 1. The van der Waals surface area contributed by atoms with Gasteiger partial charge < -0.3 is 15.6 Å². The highest BCUT2D eigenvalue weighted by atomic mass is 32.2. The van der Waals surface area contributed by atoms with Crippen LogP contribution in [0.4, 0.5) is 17.1 Å². The Balaban J connectivity index is 1.87. The normalized spacial score (nSPS) is 19.8. The van der Waals surface area contributed by atoms with Gasteiger partial charge in [-0.25, -0.2) is 10.0 Å². The lowest BCUT2D eigenvalue weighted by Crippen LogP contribution is -2.27. The van der Waals surface area contributed by atoms with E-state index in [1.54, 1.807) is 12.1 Å². The number of amidine groups is 2. The van der Waals surface area contributed by atoms with Gasteiger partial charge in [0.25, 0.3) is 5.69 Å². The predicted octanol–water partition coefficient (Wildman–Crippen LogP) is 2.52. The fraction of sp³-hybridized carbons (Fsp3) is 0.176. The molecule has 4 rings (SSSR count). The fourth-order valence-electron chi connectivity index (χ4n) is 3.33. The molecule has 0 unspecified atom stereocenters. The third-order valence-corrected chi connectivity index (χ3v) is 5.70. The molecular formula is C17H14N6O6S. The number of benzene rings is 2. The highest BCUT2D eigenvalue weighted by Crippen LogP contribution is 2.47. The smallest absolute Gasteiger partial charge is 0.301 e. The molecule has 2 aliphatic rings. The van der Waals surface area contributed by atoms with E-state index in [4.69, 9.17) is 10.5 Å². The van der Waals surface area contributed by atoms with Crippen LogP contribution in [0.3, 0.4) is 0 Å². The Hall–Kier alpha value is -3.87. The van der Waals surface area contributed by atoms with E-state index in [1.165, 1.54) is 42.1 Å². The number of aromatic hydroxyl groups is 1. The number of ether oxygens (including phenoxy) is 1. The second-order valence-electron chi connectivity index (χ2n) is 6.35. The maximum atomic E-state index is 11.6. The van der Waals surface area contributed by atoms with E-state index >= 15 is 0 Å². The number of non-ortho nitro benzene ring substituents is 1. The third kappa shape index (κ3) is 3.14. The van der Waals surface area contributed by atoms with Gasteiger partial charge in [0.15, 0.2) is 22.5 Å². The zero-order chi connectivity index (χ0) is 21.6. The first-order chi connectivity index (χ1) is 14.3. The van der Waals surface area contributed by atoms with Crippen molar-refractivity contribution in [2.24, 2.45) is 15.8 Å². The summed E-state index contributed by atoms with van der Waals surface area (Å²) >= 11 is 1.25. The second kappa shape index (κ2) is 7.18. The van der Waals surface area contributed by atoms with E-state index in [1.807, 2.05) is 0 Å². The zero-order valence-corrected chi connectivity index (χ0v) is 16.1. The standard InChI is InChI=1S/C17H14N6O6S/c1-29-13-6-8(2-5-12(13)24)14-15-16(19-17(18)30-15)20-21(14)10-4-3-9(22(25)26)7-11(10)23(27)28/h2-7,14-15,24H,1H3,(H2,18,19,20)/t14-,15+/m1/s1. The van der Waals surface area contributed by atoms with Gasteiger partial charge in [-0.1, -0.05) is 17.8 Å². The highest BCUT2D eigenvalue weighted by molar-refractivity contribution is 8.15. The molecule has 0 spiro atoms. The minimum atomic E-state index is -0.704. The molecule has 2 aromatic rings. The number of nitrogens with zero attached hydrogens (tertiary/aromatic N) is 5. The number of phenolic OH excluding ortho intramolecular Hbond substituents is 1. The lowest BCUT2D eigenvalue weighted by molar-refractivity contribution is -0.393. The van der Waals surface area contributed by atoms with E-state index in [0.29, 0.717) is 16.6 Å². The largest absolute Gasteiger partial charge is 0.504 e.